The van der Waals surface area contributed by atoms with E-state index in [1.807, 2.05) is 18.2 Å². The van der Waals surface area contributed by atoms with Crippen LogP contribution in [0, 0.1) is 11.3 Å². The van der Waals surface area contributed by atoms with Gasteiger partial charge in [-0.1, -0.05) is 51.1 Å². The summed E-state index contributed by atoms with van der Waals surface area (Å²) in [5.74, 6) is 0. The molecule has 0 saturated carbocycles. The van der Waals surface area contributed by atoms with Crippen LogP contribution < -0.4 is 0 Å². The van der Waals surface area contributed by atoms with E-state index in [2.05, 4.69) is 63.2 Å². The van der Waals surface area contributed by atoms with Gasteiger partial charge in [0, 0.05) is 10.8 Å². The van der Waals surface area contributed by atoms with Gasteiger partial charge in [0.2, 0.25) is 0 Å². The first kappa shape index (κ1) is 15.5. The first-order valence-electron chi connectivity index (χ1n) is 8.43. The van der Waals surface area contributed by atoms with E-state index < -0.39 is 0 Å². The normalized spacial score (nSPS) is 11.8. The van der Waals surface area contributed by atoms with Crippen LogP contribution in [0.2, 0.25) is 0 Å². The van der Waals surface area contributed by atoms with E-state index in [-0.39, 0.29) is 5.41 Å². The molecule has 0 spiro atoms. The van der Waals surface area contributed by atoms with Crippen molar-refractivity contribution in [1.29, 1.82) is 5.26 Å². The van der Waals surface area contributed by atoms with Gasteiger partial charge in [-0.2, -0.15) is 5.26 Å². The van der Waals surface area contributed by atoms with Gasteiger partial charge in [0.25, 0.3) is 0 Å². The molecule has 0 fully saturated rings. The number of fused-ring (bicyclic) bond motifs is 3. The van der Waals surface area contributed by atoms with Crippen LogP contribution in [0.25, 0.3) is 33.1 Å². The molecule has 0 saturated heterocycles. The second-order valence-electron chi connectivity index (χ2n) is 7.47. The number of hydrogen-bond donors (Lipinski definition) is 0. The number of hydrogen-bond acceptors (Lipinski definition) is 2. The second-order valence-corrected chi connectivity index (χ2v) is 7.47. The fraction of sp³-hybridized carbons (Fsp3) is 0.174. The topological polar surface area (TPSA) is 36.9 Å². The molecule has 1 heterocycles. The van der Waals surface area contributed by atoms with Crippen LogP contribution in [0.1, 0.15) is 31.9 Å². The maximum absolute atomic E-state index is 9.06. The molecule has 0 N–H and O–H groups in total. The molecule has 2 heteroatoms. The van der Waals surface area contributed by atoms with Crippen molar-refractivity contribution >= 4 is 21.9 Å². The Morgan fingerprint density at radius 3 is 2.36 bits per heavy atom. The molecule has 4 rings (SSSR count). The molecule has 0 aliphatic heterocycles. The zero-order chi connectivity index (χ0) is 17.6. The summed E-state index contributed by atoms with van der Waals surface area (Å²) in [5, 5.41) is 11.2. The summed E-state index contributed by atoms with van der Waals surface area (Å²) in [7, 11) is 0. The molecule has 0 aliphatic rings. The van der Waals surface area contributed by atoms with Crippen LogP contribution in [0.5, 0.6) is 0 Å². The second kappa shape index (κ2) is 5.50. The third kappa shape index (κ3) is 2.68. The van der Waals surface area contributed by atoms with Crippen LogP contribution in [0.3, 0.4) is 0 Å². The highest BCUT2D eigenvalue weighted by Crippen LogP contribution is 2.34. The molecule has 0 amide bonds. The molecule has 25 heavy (non-hydrogen) atoms. The lowest BCUT2D eigenvalue weighted by molar-refractivity contribution is 0.590. The molecule has 0 bridgehead atoms. The van der Waals surface area contributed by atoms with Crippen LogP contribution in [-0.4, -0.2) is 0 Å². The molecule has 4 aromatic rings. The summed E-state index contributed by atoms with van der Waals surface area (Å²) in [6, 6.07) is 22.8. The Morgan fingerprint density at radius 2 is 1.60 bits per heavy atom. The largest absolute Gasteiger partial charge is 0.456 e. The van der Waals surface area contributed by atoms with Gasteiger partial charge in [0.15, 0.2) is 0 Å². The van der Waals surface area contributed by atoms with E-state index >= 15 is 0 Å². The Balaban J connectivity index is 1.89. The highest BCUT2D eigenvalue weighted by Gasteiger charge is 2.15. The van der Waals surface area contributed by atoms with Gasteiger partial charge in [-0.15, -0.1) is 0 Å². The molecule has 122 valence electrons. The van der Waals surface area contributed by atoms with Crippen molar-refractivity contribution in [2.24, 2.45) is 0 Å². The van der Waals surface area contributed by atoms with E-state index in [9.17, 15) is 0 Å². The molecule has 0 radical (unpaired) electrons. The summed E-state index contributed by atoms with van der Waals surface area (Å²) in [6.45, 7) is 6.68. The number of benzene rings is 3. The fourth-order valence-electron chi connectivity index (χ4n) is 3.19. The highest BCUT2D eigenvalue weighted by atomic mass is 16.3. The minimum atomic E-state index is 0.121. The smallest absolute Gasteiger partial charge is 0.136 e. The Bertz CT molecular complexity index is 1140. The summed E-state index contributed by atoms with van der Waals surface area (Å²) in [4.78, 5) is 0. The highest BCUT2D eigenvalue weighted by molar-refractivity contribution is 6.06. The van der Waals surface area contributed by atoms with Crippen LogP contribution in [0.4, 0.5) is 0 Å². The van der Waals surface area contributed by atoms with Crippen molar-refractivity contribution in [2.75, 3.05) is 0 Å². The molecule has 2 nitrogen and oxygen atoms in total. The maximum Gasteiger partial charge on any atom is 0.136 e. The molecular weight excluding hydrogens is 306 g/mol. The van der Waals surface area contributed by atoms with E-state index in [1.54, 1.807) is 6.07 Å². The maximum atomic E-state index is 9.06. The zero-order valence-electron chi connectivity index (χ0n) is 14.6. The summed E-state index contributed by atoms with van der Waals surface area (Å²) >= 11 is 0. The summed E-state index contributed by atoms with van der Waals surface area (Å²) in [5.41, 5.74) is 6.04. The summed E-state index contributed by atoms with van der Waals surface area (Å²) in [6.07, 6.45) is 0. The molecule has 0 unspecified atom stereocenters. The van der Waals surface area contributed by atoms with Crippen molar-refractivity contribution in [3.8, 4) is 17.2 Å². The first-order valence-corrected chi connectivity index (χ1v) is 8.43. The van der Waals surface area contributed by atoms with Crippen molar-refractivity contribution < 1.29 is 4.42 Å². The molecule has 1 aromatic heterocycles. The van der Waals surface area contributed by atoms with Crippen molar-refractivity contribution in [3.63, 3.8) is 0 Å². The average Bonchev–Trinajstić information content (AvgIpc) is 2.97. The predicted molar refractivity (Wildman–Crippen MR) is 103 cm³/mol. The average molecular weight is 325 g/mol. The third-order valence-electron chi connectivity index (χ3n) is 4.66. The lowest BCUT2D eigenvalue weighted by atomic mass is 9.85. The lowest BCUT2D eigenvalue weighted by Gasteiger charge is -2.19. The van der Waals surface area contributed by atoms with E-state index in [0.717, 1.165) is 21.9 Å². The predicted octanol–water partition coefficient (Wildman–Crippen LogP) is 6.42. The van der Waals surface area contributed by atoms with Crippen LogP contribution >= 0.6 is 0 Å². The van der Waals surface area contributed by atoms with Crippen molar-refractivity contribution in [1.82, 2.24) is 0 Å². The number of nitriles is 1. The van der Waals surface area contributed by atoms with Gasteiger partial charge < -0.3 is 4.42 Å². The lowest BCUT2D eigenvalue weighted by Crippen LogP contribution is -2.10. The summed E-state index contributed by atoms with van der Waals surface area (Å²) < 4.78 is 5.91. The Hall–Kier alpha value is -3.05. The zero-order valence-corrected chi connectivity index (χ0v) is 14.6. The molecule has 3 aromatic carbocycles. The van der Waals surface area contributed by atoms with Crippen molar-refractivity contribution in [3.05, 3.63) is 71.8 Å². The molecular formula is C23H19NO. The minimum Gasteiger partial charge on any atom is -0.456 e. The SMILES string of the molecule is CC(C)(C)c1cccc(-c2ccc3oc4cc(C#N)ccc4c3c2)c1. The van der Waals surface area contributed by atoms with Gasteiger partial charge in [-0.3, -0.25) is 0 Å². The standard InChI is InChI=1S/C23H19NO/c1-23(2,3)18-6-4-5-16(12-18)17-8-10-21-20(13-17)19-9-7-15(14-24)11-22(19)25-21/h4-13H,1-3H3. The van der Waals surface area contributed by atoms with Gasteiger partial charge in [-0.25, -0.2) is 0 Å². The molecule has 0 atom stereocenters. The number of nitrogens with zero attached hydrogens (tertiary/aromatic N) is 1. The third-order valence-corrected chi connectivity index (χ3v) is 4.66. The Labute approximate surface area is 147 Å². The fourth-order valence-corrected chi connectivity index (χ4v) is 3.19. The van der Waals surface area contributed by atoms with Gasteiger partial charge >= 0.3 is 0 Å². The molecule has 0 aliphatic carbocycles. The van der Waals surface area contributed by atoms with Gasteiger partial charge in [0.05, 0.1) is 11.6 Å². The van der Waals surface area contributed by atoms with E-state index in [1.165, 1.54) is 16.7 Å². The van der Waals surface area contributed by atoms with E-state index in [0.29, 0.717) is 5.56 Å². The van der Waals surface area contributed by atoms with Crippen LogP contribution in [0.15, 0.2) is 65.1 Å². The number of furan rings is 1. The van der Waals surface area contributed by atoms with Crippen LogP contribution in [-0.2, 0) is 5.41 Å². The van der Waals surface area contributed by atoms with Gasteiger partial charge in [0.1, 0.15) is 11.2 Å². The van der Waals surface area contributed by atoms with Crippen molar-refractivity contribution in [2.45, 2.75) is 26.2 Å². The monoisotopic (exact) mass is 325 g/mol. The van der Waals surface area contributed by atoms with E-state index in [4.69, 9.17) is 9.68 Å². The Morgan fingerprint density at radius 1 is 0.800 bits per heavy atom. The first-order chi connectivity index (χ1) is 12.0. The van der Waals surface area contributed by atoms with Gasteiger partial charge in [-0.05, 0) is 52.4 Å². The quantitative estimate of drug-likeness (QED) is 0.405. The minimum absolute atomic E-state index is 0.121. The number of rotatable bonds is 1. The Kier molecular flexibility index (Phi) is 3.40.